The number of carbonyl (C=O) groups is 1. The van der Waals surface area contributed by atoms with Crippen molar-refractivity contribution in [2.24, 2.45) is 0 Å². The second-order valence-corrected chi connectivity index (χ2v) is 5.44. The van der Waals surface area contributed by atoms with Crippen LogP contribution in [0.1, 0.15) is 41.5 Å². The van der Waals surface area contributed by atoms with E-state index in [4.69, 9.17) is 10.2 Å². The summed E-state index contributed by atoms with van der Waals surface area (Å²) in [6.07, 6.45) is 0.817. The predicted molar refractivity (Wildman–Crippen MR) is 90.1 cm³/mol. The molecule has 118 valence electrons. The predicted octanol–water partition coefficient (Wildman–Crippen LogP) is 3.35. The molecule has 2 N–H and O–H groups in total. The molecule has 0 spiro atoms. The maximum atomic E-state index is 10.9. The third-order valence-corrected chi connectivity index (χ3v) is 3.69. The fourth-order valence-electron chi connectivity index (χ4n) is 2.47. The van der Waals surface area contributed by atoms with Gasteiger partial charge in [0, 0.05) is 0 Å². The number of carboxylic acids is 1. The molecule has 0 radical (unpaired) electrons. The third kappa shape index (κ3) is 4.98. The Hall–Kier alpha value is -2.57. The standard InChI is InChI=1S/C20H20O3/c1-2-3-19(13-20(22)23)18-10-8-16(9-11-18)12-15-4-6-17(14-21)7-5-15/h4-11,19,21H,12-14H2,1H3,(H,22,23). The zero-order chi connectivity index (χ0) is 16.7. The molecule has 2 rings (SSSR count). The zero-order valence-electron chi connectivity index (χ0n) is 13.1. The van der Waals surface area contributed by atoms with Crippen molar-refractivity contribution in [3.05, 3.63) is 70.8 Å². The number of benzene rings is 2. The molecule has 23 heavy (non-hydrogen) atoms. The highest BCUT2D eigenvalue weighted by molar-refractivity contribution is 5.69. The van der Waals surface area contributed by atoms with Gasteiger partial charge in [0.2, 0.25) is 0 Å². The van der Waals surface area contributed by atoms with E-state index in [1.807, 2.05) is 48.5 Å². The molecule has 3 nitrogen and oxygen atoms in total. The maximum Gasteiger partial charge on any atom is 0.304 e. The molecule has 2 aromatic rings. The number of rotatable bonds is 6. The summed E-state index contributed by atoms with van der Waals surface area (Å²) in [5.41, 5.74) is 4.16. The minimum Gasteiger partial charge on any atom is -0.481 e. The van der Waals surface area contributed by atoms with E-state index in [0.29, 0.717) is 0 Å². The van der Waals surface area contributed by atoms with Crippen LogP contribution in [0.4, 0.5) is 0 Å². The van der Waals surface area contributed by atoms with Crippen LogP contribution in [0.2, 0.25) is 0 Å². The van der Waals surface area contributed by atoms with Crippen LogP contribution in [-0.4, -0.2) is 16.2 Å². The van der Waals surface area contributed by atoms with E-state index in [2.05, 4.69) is 11.8 Å². The number of carboxylic acid groups (broad SMARTS) is 1. The van der Waals surface area contributed by atoms with Crippen molar-refractivity contribution in [3.8, 4) is 11.8 Å². The van der Waals surface area contributed by atoms with Crippen LogP contribution in [0.15, 0.2) is 48.5 Å². The summed E-state index contributed by atoms with van der Waals surface area (Å²) in [5.74, 6) is 4.65. The largest absolute Gasteiger partial charge is 0.481 e. The summed E-state index contributed by atoms with van der Waals surface area (Å²) in [4.78, 5) is 10.9. The quantitative estimate of drug-likeness (QED) is 0.805. The maximum absolute atomic E-state index is 10.9. The average Bonchev–Trinajstić information content (AvgIpc) is 2.55. The second kappa shape index (κ2) is 8.17. The van der Waals surface area contributed by atoms with Gasteiger partial charge >= 0.3 is 5.97 Å². The number of aliphatic hydroxyl groups is 1. The monoisotopic (exact) mass is 308 g/mol. The number of hydrogen-bond donors (Lipinski definition) is 2. The van der Waals surface area contributed by atoms with E-state index < -0.39 is 5.97 Å². The van der Waals surface area contributed by atoms with Crippen LogP contribution in [0, 0.1) is 11.8 Å². The number of hydrogen-bond acceptors (Lipinski definition) is 2. The Balaban J connectivity index is 2.10. The number of aliphatic carboxylic acids is 1. The molecule has 0 saturated carbocycles. The van der Waals surface area contributed by atoms with E-state index in [1.165, 1.54) is 5.56 Å². The third-order valence-electron chi connectivity index (χ3n) is 3.69. The summed E-state index contributed by atoms with van der Waals surface area (Å²) >= 11 is 0. The molecule has 0 amide bonds. The first-order valence-corrected chi connectivity index (χ1v) is 7.54. The first kappa shape index (κ1) is 16.8. The van der Waals surface area contributed by atoms with Crippen molar-refractivity contribution in [1.82, 2.24) is 0 Å². The summed E-state index contributed by atoms with van der Waals surface area (Å²) in [7, 11) is 0. The summed E-state index contributed by atoms with van der Waals surface area (Å²) in [6.45, 7) is 1.78. The smallest absolute Gasteiger partial charge is 0.304 e. The van der Waals surface area contributed by atoms with Crippen LogP contribution >= 0.6 is 0 Å². The molecule has 0 aliphatic heterocycles. The lowest BCUT2D eigenvalue weighted by molar-refractivity contribution is -0.137. The highest BCUT2D eigenvalue weighted by Crippen LogP contribution is 2.21. The van der Waals surface area contributed by atoms with Crippen LogP contribution < -0.4 is 0 Å². The first-order chi connectivity index (χ1) is 11.1. The van der Waals surface area contributed by atoms with Crippen molar-refractivity contribution in [2.75, 3.05) is 0 Å². The van der Waals surface area contributed by atoms with E-state index >= 15 is 0 Å². The van der Waals surface area contributed by atoms with Crippen LogP contribution in [0.25, 0.3) is 0 Å². The van der Waals surface area contributed by atoms with Gasteiger partial charge in [-0.2, -0.15) is 0 Å². The van der Waals surface area contributed by atoms with Crippen molar-refractivity contribution in [2.45, 2.75) is 32.3 Å². The fourth-order valence-corrected chi connectivity index (χ4v) is 2.47. The Morgan fingerprint density at radius 3 is 2.00 bits per heavy atom. The van der Waals surface area contributed by atoms with Gasteiger partial charge in [-0.25, -0.2) is 0 Å². The SMILES string of the molecule is CC#CC(CC(=O)O)c1ccc(Cc2ccc(CO)cc2)cc1. The van der Waals surface area contributed by atoms with Gasteiger partial charge in [0.1, 0.15) is 0 Å². The lowest BCUT2D eigenvalue weighted by Crippen LogP contribution is -2.04. The summed E-state index contributed by atoms with van der Waals surface area (Å²) in [6, 6.07) is 15.8. The van der Waals surface area contributed by atoms with Crippen LogP contribution in [0.3, 0.4) is 0 Å². The molecule has 0 bridgehead atoms. The van der Waals surface area contributed by atoms with Gasteiger partial charge in [0.05, 0.1) is 18.9 Å². The Morgan fingerprint density at radius 2 is 1.52 bits per heavy atom. The van der Waals surface area contributed by atoms with E-state index in [1.54, 1.807) is 6.92 Å². The van der Waals surface area contributed by atoms with E-state index in [-0.39, 0.29) is 18.9 Å². The van der Waals surface area contributed by atoms with E-state index in [9.17, 15) is 4.79 Å². The molecule has 0 heterocycles. The zero-order valence-corrected chi connectivity index (χ0v) is 13.1. The van der Waals surface area contributed by atoms with Gasteiger partial charge in [0.15, 0.2) is 0 Å². The minimum atomic E-state index is -0.842. The van der Waals surface area contributed by atoms with Gasteiger partial charge in [-0.15, -0.1) is 5.92 Å². The number of aliphatic hydroxyl groups excluding tert-OH is 1. The Kier molecular flexibility index (Phi) is 5.96. The Bertz CT molecular complexity index is 703. The highest BCUT2D eigenvalue weighted by atomic mass is 16.4. The molecule has 3 heteroatoms. The van der Waals surface area contributed by atoms with Crippen molar-refractivity contribution in [3.63, 3.8) is 0 Å². The molecule has 2 aromatic carbocycles. The Labute approximate surface area is 136 Å². The Morgan fingerprint density at radius 1 is 1.00 bits per heavy atom. The molecule has 1 atom stereocenters. The lowest BCUT2D eigenvalue weighted by Gasteiger charge is -2.10. The van der Waals surface area contributed by atoms with Crippen molar-refractivity contribution < 1.29 is 15.0 Å². The van der Waals surface area contributed by atoms with Gasteiger partial charge in [-0.3, -0.25) is 4.79 Å². The molecule has 1 unspecified atom stereocenters. The van der Waals surface area contributed by atoms with Crippen molar-refractivity contribution >= 4 is 5.97 Å². The summed E-state index contributed by atoms with van der Waals surface area (Å²) in [5, 5.41) is 18.0. The topological polar surface area (TPSA) is 57.5 Å². The molecular formula is C20H20O3. The molecule has 0 fully saturated rings. The minimum absolute atomic E-state index is 0.0167. The van der Waals surface area contributed by atoms with E-state index in [0.717, 1.165) is 23.1 Å². The molecule has 0 saturated heterocycles. The average molecular weight is 308 g/mol. The van der Waals surface area contributed by atoms with Gasteiger partial charge < -0.3 is 10.2 Å². The summed E-state index contributed by atoms with van der Waals surface area (Å²) < 4.78 is 0. The molecule has 0 aromatic heterocycles. The van der Waals surface area contributed by atoms with Gasteiger partial charge in [-0.1, -0.05) is 54.5 Å². The second-order valence-electron chi connectivity index (χ2n) is 5.44. The van der Waals surface area contributed by atoms with Gasteiger partial charge in [0.25, 0.3) is 0 Å². The van der Waals surface area contributed by atoms with Crippen LogP contribution in [-0.2, 0) is 17.8 Å². The normalized spacial score (nSPS) is 11.4. The van der Waals surface area contributed by atoms with Crippen LogP contribution in [0.5, 0.6) is 0 Å². The fraction of sp³-hybridized carbons (Fsp3) is 0.250. The molecular weight excluding hydrogens is 288 g/mol. The van der Waals surface area contributed by atoms with Gasteiger partial charge in [-0.05, 0) is 35.6 Å². The van der Waals surface area contributed by atoms with Crippen molar-refractivity contribution in [1.29, 1.82) is 0 Å². The lowest BCUT2D eigenvalue weighted by atomic mass is 9.94. The first-order valence-electron chi connectivity index (χ1n) is 7.54. The molecule has 0 aliphatic carbocycles. The molecule has 0 aliphatic rings. The highest BCUT2D eigenvalue weighted by Gasteiger charge is 2.12.